The molecule has 7 heteroatoms. The van der Waals surface area contributed by atoms with Crippen LogP contribution < -0.4 is 10.2 Å². The summed E-state index contributed by atoms with van der Waals surface area (Å²) in [5, 5.41) is 14.0. The fourth-order valence-corrected chi connectivity index (χ4v) is 3.61. The molecular formula is C16H18N6S. The predicted octanol–water partition coefficient (Wildman–Crippen LogP) is 3.01. The maximum absolute atomic E-state index is 4.40. The summed E-state index contributed by atoms with van der Waals surface area (Å²) in [5.41, 5.74) is 2.89. The van der Waals surface area contributed by atoms with E-state index in [1.54, 1.807) is 17.5 Å². The van der Waals surface area contributed by atoms with Crippen LogP contribution in [0.1, 0.15) is 12.8 Å². The van der Waals surface area contributed by atoms with Gasteiger partial charge in [-0.1, -0.05) is 6.07 Å². The number of aromatic amines is 1. The van der Waals surface area contributed by atoms with Crippen molar-refractivity contribution in [2.24, 2.45) is 0 Å². The van der Waals surface area contributed by atoms with Crippen LogP contribution in [0.5, 0.6) is 0 Å². The Morgan fingerprint density at radius 1 is 1.17 bits per heavy atom. The molecule has 118 valence electrons. The molecular weight excluding hydrogens is 308 g/mol. The molecule has 3 aromatic heterocycles. The Balaban J connectivity index is 1.42. The Labute approximate surface area is 138 Å². The Morgan fingerprint density at radius 3 is 2.83 bits per heavy atom. The van der Waals surface area contributed by atoms with Crippen LogP contribution in [0.25, 0.3) is 11.4 Å². The summed E-state index contributed by atoms with van der Waals surface area (Å²) in [7, 11) is 0. The van der Waals surface area contributed by atoms with Crippen LogP contribution in [0.4, 0.5) is 10.8 Å². The molecule has 0 atom stereocenters. The lowest BCUT2D eigenvalue weighted by atomic mass is 10.0. The van der Waals surface area contributed by atoms with Gasteiger partial charge in [0.15, 0.2) is 5.13 Å². The molecule has 0 unspecified atom stereocenters. The summed E-state index contributed by atoms with van der Waals surface area (Å²) in [4.78, 5) is 11.1. The zero-order valence-corrected chi connectivity index (χ0v) is 13.5. The third kappa shape index (κ3) is 3.05. The highest BCUT2D eigenvalue weighted by Crippen LogP contribution is 2.27. The molecule has 0 bridgehead atoms. The van der Waals surface area contributed by atoms with Gasteiger partial charge in [-0.2, -0.15) is 5.10 Å². The molecule has 1 saturated heterocycles. The standard InChI is InChI=1S/C16H18N6S/c1-2-6-17-13(3-1)15-14(11-19-21-15)20-12-4-8-22(9-5-12)16-18-7-10-23-16/h1-3,6-7,10-12,20H,4-5,8-9H2,(H,19,21). The number of pyridine rings is 1. The number of thiazole rings is 1. The average Bonchev–Trinajstić information content (AvgIpc) is 3.28. The summed E-state index contributed by atoms with van der Waals surface area (Å²) >= 11 is 1.71. The number of nitrogens with zero attached hydrogens (tertiary/aromatic N) is 4. The summed E-state index contributed by atoms with van der Waals surface area (Å²) in [6.45, 7) is 2.06. The molecule has 6 nitrogen and oxygen atoms in total. The van der Waals surface area contributed by atoms with Gasteiger partial charge in [-0.15, -0.1) is 11.3 Å². The zero-order valence-electron chi connectivity index (χ0n) is 12.6. The van der Waals surface area contributed by atoms with E-state index in [0.717, 1.165) is 48.1 Å². The van der Waals surface area contributed by atoms with Gasteiger partial charge >= 0.3 is 0 Å². The first-order chi connectivity index (χ1) is 11.4. The van der Waals surface area contributed by atoms with Crippen molar-refractivity contribution >= 4 is 22.2 Å². The van der Waals surface area contributed by atoms with E-state index in [1.807, 2.05) is 36.0 Å². The minimum absolute atomic E-state index is 0.450. The molecule has 0 aliphatic carbocycles. The maximum Gasteiger partial charge on any atom is 0.185 e. The molecule has 2 N–H and O–H groups in total. The maximum atomic E-state index is 4.40. The van der Waals surface area contributed by atoms with Crippen molar-refractivity contribution in [2.75, 3.05) is 23.3 Å². The molecule has 0 amide bonds. The quantitative estimate of drug-likeness (QED) is 0.771. The summed E-state index contributed by atoms with van der Waals surface area (Å²) in [6, 6.07) is 6.34. The minimum atomic E-state index is 0.450. The van der Waals surface area contributed by atoms with Gasteiger partial charge in [0.1, 0.15) is 5.69 Å². The third-order valence-electron chi connectivity index (χ3n) is 4.10. The Hall–Kier alpha value is -2.41. The second kappa shape index (κ2) is 6.37. The van der Waals surface area contributed by atoms with E-state index in [9.17, 15) is 0 Å². The van der Waals surface area contributed by atoms with Gasteiger partial charge in [0.05, 0.1) is 17.6 Å². The molecule has 0 saturated carbocycles. The van der Waals surface area contributed by atoms with Crippen LogP contribution in [0.15, 0.2) is 42.2 Å². The lowest BCUT2D eigenvalue weighted by Crippen LogP contribution is -2.39. The molecule has 4 heterocycles. The van der Waals surface area contributed by atoms with Gasteiger partial charge in [-0.25, -0.2) is 4.98 Å². The average molecular weight is 326 g/mol. The van der Waals surface area contributed by atoms with E-state index in [2.05, 4.69) is 30.4 Å². The number of rotatable bonds is 4. The Morgan fingerprint density at radius 2 is 2.09 bits per heavy atom. The van der Waals surface area contributed by atoms with E-state index in [0.29, 0.717) is 6.04 Å². The minimum Gasteiger partial charge on any atom is -0.379 e. The SMILES string of the molecule is c1ccc(-c2[nH]ncc2NC2CCN(c3nccs3)CC2)nc1. The number of anilines is 2. The van der Waals surface area contributed by atoms with E-state index >= 15 is 0 Å². The largest absolute Gasteiger partial charge is 0.379 e. The first kappa shape index (κ1) is 14.2. The summed E-state index contributed by atoms with van der Waals surface area (Å²) in [6.07, 6.45) is 7.69. The second-order valence-electron chi connectivity index (χ2n) is 5.59. The fourth-order valence-electron chi connectivity index (χ4n) is 2.91. The molecule has 0 radical (unpaired) electrons. The van der Waals surface area contributed by atoms with Gasteiger partial charge in [0.2, 0.25) is 0 Å². The predicted molar refractivity (Wildman–Crippen MR) is 92.8 cm³/mol. The monoisotopic (exact) mass is 326 g/mol. The molecule has 0 spiro atoms. The molecule has 23 heavy (non-hydrogen) atoms. The van der Waals surface area contributed by atoms with Crippen molar-refractivity contribution in [3.63, 3.8) is 0 Å². The third-order valence-corrected chi connectivity index (χ3v) is 4.94. The Kier molecular flexibility index (Phi) is 3.94. The highest BCUT2D eigenvalue weighted by atomic mass is 32.1. The lowest BCUT2D eigenvalue weighted by Gasteiger charge is -2.32. The van der Waals surface area contributed by atoms with Gasteiger partial charge in [0, 0.05) is 36.9 Å². The van der Waals surface area contributed by atoms with Crippen LogP contribution in [0.2, 0.25) is 0 Å². The van der Waals surface area contributed by atoms with Crippen molar-refractivity contribution in [1.82, 2.24) is 20.2 Å². The zero-order chi connectivity index (χ0) is 15.5. The van der Waals surface area contributed by atoms with E-state index < -0.39 is 0 Å². The smallest absolute Gasteiger partial charge is 0.185 e. The number of hydrogen-bond donors (Lipinski definition) is 2. The fraction of sp³-hybridized carbons (Fsp3) is 0.312. The van der Waals surface area contributed by atoms with Crippen LogP contribution in [-0.4, -0.2) is 39.3 Å². The molecule has 3 aromatic rings. The van der Waals surface area contributed by atoms with Crippen molar-refractivity contribution in [1.29, 1.82) is 0 Å². The molecule has 4 rings (SSSR count). The van der Waals surface area contributed by atoms with Crippen LogP contribution in [-0.2, 0) is 0 Å². The van der Waals surface area contributed by atoms with Crippen molar-refractivity contribution < 1.29 is 0 Å². The number of aromatic nitrogens is 4. The number of hydrogen-bond acceptors (Lipinski definition) is 6. The number of piperidine rings is 1. The van der Waals surface area contributed by atoms with Gasteiger partial charge < -0.3 is 10.2 Å². The van der Waals surface area contributed by atoms with Crippen LogP contribution >= 0.6 is 11.3 Å². The first-order valence-corrected chi connectivity index (χ1v) is 8.64. The second-order valence-corrected chi connectivity index (χ2v) is 6.47. The van der Waals surface area contributed by atoms with Crippen molar-refractivity contribution in [3.05, 3.63) is 42.2 Å². The highest BCUT2D eigenvalue weighted by Gasteiger charge is 2.22. The Bertz CT molecular complexity index is 731. The van der Waals surface area contributed by atoms with Gasteiger partial charge in [-0.05, 0) is 25.0 Å². The van der Waals surface area contributed by atoms with Crippen LogP contribution in [0.3, 0.4) is 0 Å². The van der Waals surface area contributed by atoms with Crippen molar-refractivity contribution in [2.45, 2.75) is 18.9 Å². The lowest BCUT2D eigenvalue weighted by molar-refractivity contribution is 0.526. The normalized spacial score (nSPS) is 15.7. The van der Waals surface area contributed by atoms with E-state index in [-0.39, 0.29) is 0 Å². The highest BCUT2D eigenvalue weighted by molar-refractivity contribution is 7.13. The van der Waals surface area contributed by atoms with Crippen molar-refractivity contribution in [3.8, 4) is 11.4 Å². The molecule has 1 aliphatic rings. The topological polar surface area (TPSA) is 69.7 Å². The summed E-state index contributed by atoms with van der Waals surface area (Å²) < 4.78 is 0. The van der Waals surface area contributed by atoms with E-state index in [1.165, 1.54) is 0 Å². The molecule has 0 aromatic carbocycles. The molecule has 1 aliphatic heterocycles. The first-order valence-electron chi connectivity index (χ1n) is 7.76. The number of nitrogens with one attached hydrogen (secondary N) is 2. The van der Waals surface area contributed by atoms with Gasteiger partial charge in [0.25, 0.3) is 0 Å². The summed E-state index contributed by atoms with van der Waals surface area (Å²) in [5.74, 6) is 0. The van der Waals surface area contributed by atoms with Gasteiger partial charge in [-0.3, -0.25) is 10.1 Å². The number of H-pyrrole nitrogens is 1. The van der Waals surface area contributed by atoms with E-state index in [4.69, 9.17) is 0 Å². The molecule has 1 fully saturated rings. The van der Waals surface area contributed by atoms with Crippen LogP contribution in [0, 0.1) is 0 Å².